The van der Waals surface area contributed by atoms with Crippen LogP contribution in [0.4, 0.5) is 10.1 Å². The normalized spacial score (nSPS) is 11.9. The molecule has 1 rings (SSSR count). The molecular weight excluding hydrogens is 241 g/mol. The molecule has 6 heteroatoms. The number of hydrogen-bond acceptors (Lipinski definition) is 3. The van der Waals surface area contributed by atoms with Gasteiger partial charge in [-0.1, -0.05) is 0 Å². The molecule has 0 aromatic heterocycles. The molecule has 0 spiro atoms. The first-order valence-corrected chi connectivity index (χ1v) is 5.41. The Morgan fingerprint density at radius 1 is 1.39 bits per heavy atom. The van der Waals surface area contributed by atoms with E-state index in [0.717, 1.165) is 6.07 Å². The van der Waals surface area contributed by atoms with Crippen molar-refractivity contribution < 1.29 is 24.2 Å². The Hall–Kier alpha value is -2.11. The van der Waals surface area contributed by atoms with Crippen LogP contribution in [-0.4, -0.2) is 28.2 Å². The number of benzene rings is 1. The predicted molar refractivity (Wildman–Crippen MR) is 63.3 cm³/mol. The van der Waals surface area contributed by atoms with Gasteiger partial charge in [-0.05, 0) is 31.5 Å². The zero-order valence-electron chi connectivity index (χ0n) is 9.81. The van der Waals surface area contributed by atoms with Crippen LogP contribution < -0.4 is 5.32 Å². The summed E-state index contributed by atoms with van der Waals surface area (Å²) in [5.74, 6) is -2.64. The molecule has 18 heavy (non-hydrogen) atoms. The van der Waals surface area contributed by atoms with Gasteiger partial charge in [0.2, 0.25) is 0 Å². The van der Waals surface area contributed by atoms with Gasteiger partial charge in [0.1, 0.15) is 5.82 Å². The van der Waals surface area contributed by atoms with Crippen LogP contribution >= 0.6 is 0 Å². The molecule has 0 aliphatic carbocycles. The predicted octanol–water partition coefficient (Wildman–Crippen LogP) is 2.19. The minimum Gasteiger partial charge on any atom is -0.481 e. The molecule has 1 aromatic carbocycles. The maximum atomic E-state index is 13.4. The molecular formula is C12H14FNO4. The number of nitrogens with one attached hydrogen (secondary N) is 1. The lowest BCUT2D eigenvalue weighted by Gasteiger charge is -2.15. The highest BCUT2D eigenvalue weighted by atomic mass is 19.1. The summed E-state index contributed by atoms with van der Waals surface area (Å²) in [6.07, 6.45) is 0.292. The number of hydrogen-bond donors (Lipinski definition) is 3. The molecule has 0 aliphatic heterocycles. The van der Waals surface area contributed by atoms with Crippen LogP contribution in [-0.2, 0) is 4.79 Å². The van der Waals surface area contributed by atoms with Gasteiger partial charge in [0, 0.05) is 12.5 Å². The average molecular weight is 255 g/mol. The van der Waals surface area contributed by atoms with Crippen molar-refractivity contribution in [1.82, 2.24) is 0 Å². The van der Waals surface area contributed by atoms with Crippen molar-refractivity contribution in [3.63, 3.8) is 0 Å². The van der Waals surface area contributed by atoms with Crippen molar-refractivity contribution in [3.8, 4) is 0 Å². The van der Waals surface area contributed by atoms with Gasteiger partial charge in [-0.15, -0.1) is 0 Å². The third-order valence-electron chi connectivity index (χ3n) is 2.41. The van der Waals surface area contributed by atoms with E-state index >= 15 is 0 Å². The van der Waals surface area contributed by atoms with Crippen LogP contribution in [0.5, 0.6) is 0 Å². The standard InChI is InChI=1S/C12H14FNO4/c1-7(2-5-11(15)16)14-10-6-8(12(17)18)3-4-9(10)13/h3-4,6-7,14H,2,5H2,1H3,(H,15,16)(H,17,18). The minimum absolute atomic E-state index is 0.0238. The number of aromatic carboxylic acids is 1. The summed E-state index contributed by atoms with van der Waals surface area (Å²) < 4.78 is 13.4. The van der Waals surface area contributed by atoms with E-state index in [1.807, 2.05) is 0 Å². The van der Waals surface area contributed by atoms with Gasteiger partial charge in [0.05, 0.1) is 11.3 Å². The summed E-state index contributed by atoms with van der Waals surface area (Å²) in [5.41, 5.74) is 0.0390. The molecule has 0 heterocycles. The Morgan fingerprint density at radius 2 is 2.06 bits per heavy atom. The summed E-state index contributed by atoms with van der Waals surface area (Å²) in [6.45, 7) is 1.70. The number of rotatable bonds is 6. The highest BCUT2D eigenvalue weighted by molar-refractivity contribution is 5.88. The second-order valence-electron chi connectivity index (χ2n) is 3.98. The molecule has 0 radical (unpaired) electrons. The molecule has 0 saturated heterocycles. The van der Waals surface area contributed by atoms with E-state index in [-0.39, 0.29) is 23.7 Å². The lowest BCUT2D eigenvalue weighted by molar-refractivity contribution is -0.137. The highest BCUT2D eigenvalue weighted by Crippen LogP contribution is 2.18. The topological polar surface area (TPSA) is 86.6 Å². The molecule has 3 N–H and O–H groups in total. The fourth-order valence-electron chi connectivity index (χ4n) is 1.45. The summed E-state index contributed by atoms with van der Waals surface area (Å²) in [5, 5.41) is 20.1. The lowest BCUT2D eigenvalue weighted by Crippen LogP contribution is -2.17. The molecule has 0 saturated carbocycles. The van der Waals surface area contributed by atoms with Gasteiger partial charge >= 0.3 is 11.9 Å². The number of carbonyl (C=O) groups is 2. The quantitative estimate of drug-likeness (QED) is 0.725. The average Bonchev–Trinajstić information content (AvgIpc) is 2.29. The number of carboxylic acid groups (broad SMARTS) is 2. The van der Waals surface area contributed by atoms with Gasteiger partial charge in [-0.2, -0.15) is 0 Å². The fraction of sp³-hybridized carbons (Fsp3) is 0.333. The molecule has 1 unspecified atom stereocenters. The van der Waals surface area contributed by atoms with E-state index in [2.05, 4.69) is 5.32 Å². The molecule has 0 fully saturated rings. The summed E-state index contributed by atoms with van der Waals surface area (Å²) >= 11 is 0. The molecule has 0 aliphatic rings. The zero-order valence-corrected chi connectivity index (χ0v) is 9.81. The SMILES string of the molecule is CC(CCC(=O)O)Nc1cc(C(=O)O)ccc1F. The minimum atomic E-state index is -1.14. The van der Waals surface area contributed by atoms with Crippen LogP contribution in [0.3, 0.4) is 0 Å². The largest absolute Gasteiger partial charge is 0.481 e. The summed E-state index contributed by atoms with van der Waals surface area (Å²) in [7, 11) is 0. The maximum absolute atomic E-state index is 13.4. The van der Waals surface area contributed by atoms with Crippen LogP contribution in [0, 0.1) is 5.82 Å². The number of halogens is 1. The van der Waals surface area contributed by atoms with E-state index in [4.69, 9.17) is 10.2 Å². The third-order valence-corrected chi connectivity index (χ3v) is 2.41. The third kappa shape index (κ3) is 4.04. The van der Waals surface area contributed by atoms with Crippen LogP contribution in [0.15, 0.2) is 18.2 Å². The Labute approximate surface area is 103 Å². The molecule has 0 bridgehead atoms. The zero-order chi connectivity index (χ0) is 13.7. The molecule has 1 aromatic rings. The van der Waals surface area contributed by atoms with Crippen LogP contribution in [0.25, 0.3) is 0 Å². The lowest BCUT2D eigenvalue weighted by atomic mass is 10.1. The second-order valence-corrected chi connectivity index (χ2v) is 3.98. The first-order chi connectivity index (χ1) is 8.40. The van der Waals surface area contributed by atoms with E-state index in [0.29, 0.717) is 6.42 Å². The van der Waals surface area contributed by atoms with Crippen molar-refractivity contribution in [1.29, 1.82) is 0 Å². The Balaban J connectivity index is 2.73. The van der Waals surface area contributed by atoms with Crippen molar-refractivity contribution >= 4 is 17.6 Å². The fourth-order valence-corrected chi connectivity index (χ4v) is 1.45. The van der Waals surface area contributed by atoms with E-state index in [9.17, 15) is 14.0 Å². The first-order valence-electron chi connectivity index (χ1n) is 5.41. The van der Waals surface area contributed by atoms with Gasteiger partial charge < -0.3 is 15.5 Å². The van der Waals surface area contributed by atoms with E-state index in [1.165, 1.54) is 12.1 Å². The van der Waals surface area contributed by atoms with Gasteiger partial charge in [-0.3, -0.25) is 4.79 Å². The van der Waals surface area contributed by atoms with Gasteiger partial charge in [-0.25, -0.2) is 9.18 Å². The van der Waals surface area contributed by atoms with Crippen molar-refractivity contribution in [2.45, 2.75) is 25.8 Å². The summed E-state index contributed by atoms with van der Waals surface area (Å²) in [4.78, 5) is 21.1. The Kier molecular flexibility index (Phi) is 4.65. The Morgan fingerprint density at radius 3 is 2.61 bits per heavy atom. The second kappa shape index (κ2) is 6.00. The summed E-state index contributed by atoms with van der Waals surface area (Å²) in [6, 6.07) is 3.16. The van der Waals surface area contributed by atoms with E-state index < -0.39 is 17.8 Å². The van der Waals surface area contributed by atoms with Crippen molar-refractivity contribution in [3.05, 3.63) is 29.6 Å². The molecule has 1 atom stereocenters. The van der Waals surface area contributed by atoms with Gasteiger partial charge in [0.25, 0.3) is 0 Å². The monoisotopic (exact) mass is 255 g/mol. The smallest absolute Gasteiger partial charge is 0.335 e. The first kappa shape index (κ1) is 14.0. The maximum Gasteiger partial charge on any atom is 0.335 e. The number of carboxylic acids is 2. The van der Waals surface area contributed by atoms with Crippen molar-refractivity contribution in [2.24, 2.45) is 0 Å². The molecule has 0 amide bonds. The van der Waals surface area contributed by atoms with Crippen molar-refractivity contribution in [2.75, 3.05) is 5.32 Å². The highest BCUT2D eigenvalue weighted by Gasteiger charge is 2.11. The van der Waals surface area contributed by atoms with Crippen LogP contribution in [0.2, 0.25) is 0 Å². The number of anilines is 1. The van der Waals surface area contributed by atoms with Gasteiger partial charge in [0.15, 0.2) is 0 Å². The number of aliphatic carboxylic acids is 1. The van der Waals surface area contributed by atoms with E-state index in [1.54, 1.807) is 6.92 Å². The Bertz CT molecular complexity index is 461. The van der Waals surface area contributed by atoms with Crippen LogP contribution in [0.1, 0.15) is 30.1 Å². The molecule has 5 nitrogen and oxygen atoms in total. The molecule has 98 valence electrons.